The molecular weight excluding hydrogens is 496 g/mol. The van der Waals surface area contributed by atoms with Crippen molar-refractivity contribution in [1.82, 2.24) is 29.9 Å². The van der Waals surface area contributed by atoms with Crippen LogP contribution in [0.2, 0.25) is 0 Å². The van der Waals surface area contributed by atoms with Gasteiger partial charge in [-0.25, -0.2) is 23.3 Å². The number of anilines is 2. The fourth-order valence-corrected chi connectivity index (χ4v) is 3.27. The van der Waals surface area contributed by atoms with Gasteiger partial charge in [-0.15, -0.1) is 5.10 Å². The molecule has 0 bridgehead atoms. The van der Waals surface area contributed by atoms with Gasteiger partial charge in [0.05, 0.1) is 11.3 Å². The third-order valence-electron chi connectivity index (χ3n) is 4.75. The van der Waals surface area contributed by atoms with Gasteiger partial charge in [0.25, 0.3) is 12.3 Å². The molecule has 0 atom stereocenters. The van der Waals surface area contributed by atoms with E-state index in [0.717, 1.165) is 0 Å². The van der Waals surface area contributed by atoms with Gasteiger partial charge in [-0.05, 0) is 51.1 Å². The van der Waals surface area contributed by atoms with Crippen LogP contribution in [0.5, 0.6) is 0 Å². The van der Waals surface area contributed by atoms with E-state index in [1.54, 1.807) is 45.2 Å². The van der Waals surface area contributed by atoms with Gasteiger partial charge >= 0.3 is 5.97 Å². The molecule has 10 nitrogen and oxygen atoms in total. The van der Waals surface area contributed by atoms with Crippen LogP contribution in [0.1, 0.15) is 57.1 Å². The third-order valence-corrected chi connectivity index (χ3v) is 4.75. The zero-order valence-electron chi connectivity index (χ0n) is 21.7. The number of ether oxygens (including phenoxy) is 1. The van der Waals surface area contributed by atoms with E-state index in [2.05, 4.69) is 30.7 Å². The number of fused-ring (bicyclic) bond motifs is 1. The number of nitrogens with zero attached hydrogens (tertiary/aromatic N) is 5. The maximum atomic E-state index is 13.2. The quantitative estimate of drug-likeness (QED) is 0.325. The van der Waals surface area contributed by atoms with Gasteiger partial charge in [0.2, 0.25) is 5.82 Å². The predicted octanol–water partition coefficient (Wildman–Crippen LogP) is 4.97. The smallest absolute Gasteiger partial charge is 0.325 e. The summed E-state index contributed by atoms with van der Waals surface area (Å²) in [5.74, 6) is -0.720. The summed E-state index contributed by atoms with van der Waals surface area (Å²) in [6.45, 7) is 8.87. The first-order chi connectivity index (χ1) is 18.1. The molecule has 0 spiro atoms. The molecule has 0 unspecified atom stereocenters. The van der Waals surface area contributed by atoms with Gasteiger partial charge in [-0.3, -0.25) is 14.6 Å². The van der Waals surface area contributed by atoms with Crippen molar-refractivity contribution in [3.05, 3.63) is 66.2 Å². The Morgan fingerprint density at radius 3 is 2.55 bits per heavy atom. The van der Waals surface area contributed by atoms with E-state index in [0.29, 0.717) is 17.0 Å². The standard InChI is InChI=1S/C24H23F2N7O3.C2H6/c1-24(2,3)36-19(34)13-28-23(35)14-12-27-10-9-15(14)30-22-18-8-5-11-33(18)32-21(31-22)17-7-4-6-16(29-17)20(25)26;1-2/h4-12,20H,13H2,1-3H3,(H,28,35)(H,27,30,31,32);1-2H3. The molecule has 4 rings (SSSR count). The van der Waals surface area contributed by atoms with Gasteiger partial charge in [0.15, 0.2) is 5.82 Å². The van der Waals surface area contributed by atoms with Crippen molar-refractivity contribution in [1.29, 1.82) is 0 Å². The van der Waals surface area contributed by atoms with Crippen LogP contribution in [0.3, 0.4) is 0 Å². The minimum absolute atomic E-state index is 0.105. The lowest BCUT2D eigenvalue weighted by Crippen LogP contribution is -2.34. The average molecular weight is 526 g/mol. The predicted molar refractivity (Wildman–Crippen MR) is 138 cm³/mol. The zero-order valence-corrected chi connectivity index (χ0v) is 21.7. The molecule has 0 aromatic carbocycles. The highest BCUT2D eigenvalue weighted by Gasteiger charge is 2.20. The number of hydrogen-bond donors (Lipinski definition) is 2. The SMILES string of the molecule is CC.CC(C)(C)OC(=O)CNC(=O)c1cnccc1Nc1nc(-c2cccc(C(F)F)n2)nn2cccc12. The van der Waals surface area contributed by atoms with Crippen LogP contribution < -0.4 is 10.6 Å². The molecule has 4 aromatic rings. The average Bonchev–Trinajstić information content (AvgIpc) is 3.37. The highest BCUT2D eigenvalue weighted by Crippen LogP contribution is 2.26. The Balaban J connectivity index is 0.00000195. The summed E-state index contributed by atoms with van der Waals surface area (Å²) >= 11 is 0. The van der Waals surface area contributed by atoms with Crippen LogP contribution >= 0.6 is 0 Å². The molecule has 0 aliphatic heterocycles. The summed E-state index contributed by atoms with van der Waals surface area (Å²) < 4.78 is 33.0. The number of hydrogen-bond acceptors (Lipinski definition) is 8. The van der Waals surface area contributed by atoms with E-state index in [-0.39, 0.29) is 23.6 Å². The van der Waals surface area contributed by atoms with Crippen molar-refractivity contribution < 1.29 is 23.1 Å². The lowest BCUT2D eigenvalue weighted by molar-refractivity contribution is -0.153. The van der Waals surface area contributed by atoms with Gasteiger partial charge in [-0.1, -0.05) is 19.9 Å². The lowest BCUT2D eigenvalue weighted by Gasteiger charge is -2.19. The maximum absolute atomic E-state index is 13.2. The molecule has 0 saturated heterocycles. The van der Waals surface area contributed by atoms with Gasteiger partial charge in [0, 0.05) is 18.6 Å². The number of nitrogens with one attached hydrogen (secondary N) is 2. The van der Waals surface area contributed by atoms with E-state index in [4.69, 9.17) is 4.74 Å². The first-order valence-electron chi connectivity index (χ1n) is 11.9. The Kier molecular flexibility index (Phi) is 9.00. The molecule has 38 heavy (non-hydrogen) atoms. The first-order valence-corrected chi connectivity index (χ1v) is 11.9. The van der Waals surface area contributed by atoms with E-state index in [9.17, 15) is 18.4 Å². The molecule has 1 amide bonds. The van der Waals surface area contributed by atoms with Gasteiger partial charge < -0.3 is 15.4 Å². The Morgan fingerprint density at radius 1 is 1.08 bits per heavy atom. The van der Waals surface area contributed by atoms with Crippen LogP contribution in [0.25, 0.3) is 17.0 Å². The molecule has 0 radical (unpaired) electrons. The van der Waals surface area contributed by atoms with Crippen LogP contribution in [0.15, 0.2) is 55.0 Å². The zero-order chi connectivity index (χ0) is 27.9. The number of halogens is 2. The van der Waals surface area contributed by atoms with Crippen molar-refractivity contribution in [2.75, 3.05) is 11.9 Å². The first kappa shape index (κ1) is 28.1. The van der Waals surface area contributed by atoms with E-state index < -0.39 is 29.6 Å². The van der Waals surface area contributed by atoms with E-state index in [1.165, 1.54) is 35.1 Å². The van der Waals surface area contributed by atoms with Crippen molar-refractivity contribution in [3.63, 3.8) is 0 Å². The van der Waals surface area contributed by atoms with Crippen LogP contribution in [0, 0.1) is 0 Å². The Labute approximate surface area is 218 Å². The molecule has 0 aliphatic carbocycles. The third kappa shape index (κ3) is 7.05. The monoisotopic (exact) mass is 525 g/mol. The number of carbonyl (C=O) groups excluding carboxylic acids is 2. The summed E-state index contributed by atoms with van der Waals surface area (Å²) in [7, 11) is 0. The van der Waals surface area contributed by atoms with Crippen LogP contribution in [-0.2, 0) is 9.53 Å². The molecule has 4 heterocycles. The van der Waals surface area contributed by atoms with Gasteiger partial charge in [-0.2, -0.15) is 0 Å². The number of esters is 1. The molecule has 12 heteroatoms. The molecule has 0 aliphatic rings. The summed E-state index contributed by atoms with van der Waals surface area (Å²) in [6, 6.07) is 9.26. The number of pyridine rings is 2. The summed E-state index contributed by atoms with van der Waals surface area (Å²) in [5.41, 5.74) is 0.172. The minimum Gasteiger partial charge on any atom is -0.459 e. The molecule has 0 fully saturated rings. The van der Waals surface area contributed by atoms with E-state index in [1.807, 2.05) is 13.8 Å². The Bertz CT molecular complexity index is 1420. The number of amides is 1. The molecule has 4 aromatic heterocycles. The topological polar surface area (TPSA) is 123 Å². The Hall–Kier alpha value is -4.48. The largest absolute Gasteiger partial charge is 0.459 e. The summed E-state index contributed by atoms with van der Waals surface area (Å²) in [5, 5.41) is 9.97. The van der Waals surface area contributed by atoms with E-state index >= 15 is 0 Å². The molecule has 2 N–H and O–H groups in total. The second-order valence-corrected chi connectivity index (χ2v) is 8.69. The highest BCUT2D eigenvalue weighted by molar-refractivity contribution is 6.01. The second-order valence-electron chi connectivity index (χ2n) is 8.69. The number of aromatic nitrogens is 5. The molecular formula is C26H29F2N7O3. The lowest BCUT2D eigenvalue weighted by atomic mass is 10.2. The summed E-state index contributed by atoms with van der Waals surface area (Å²) in [6.07, 6.45) is 1.76. The van der Waals surface area contributed by atoms with Crippen molar-refractivity contribution in [3.8, 4) is 11.5 Å². The fraction of sp³-hybridized carbons (Fsp3) is 0.308. The number of alkyl halides is 2. The second kappa shape index (κ2) is 12.2. The van der Waals surface area contributed by atoms with Crippen LogP contribution in [0.4, 0.5) is 20.3 Å². The Morgan fingerprint density at radius 2 is 1.84 bits per heavy atom. The number of rotatable bonds is 7. The maximum Gasteiger partial charge on any atom is 0.325 e. The minimum atomic E-state index is -2.74. The number of carbonyl (C=O) groups is 2. The van der Waals surface area contributed by atoms with Gasteiger partial charge in [0.1, 0.15) is 29.1 Å². The normalized spacial score (nSPS) is 11.1. The fourth-order valence-electron chi connectivity index (χ4n) is 3.27. The highest BCUT2D eigenvalue weighted by atomic mass is 19.3. The van der Waals surface area contributed by atoms with Crippen molar-refractivity contribution in [2.45, 2.75) is 46.6 Å². The summed E-state index contributed by atoms with van der Waals surface area (Å²) in [4.78, 5) is 37.2. The van der Waals surface area contributed by atoms with Crippen molar-refractivity contribution >= 4 is 28.9 Å². The molecule has 200 valence electrons. The van der Waals surface area contributed by atoms with Crippen LogP contribution in [-0.4, -0.2) is 48.6 Å². The molecule has 0 saturated carbocycles. The van der Waals surface area contributed by atoms with Crippen molar-refractivity contribution in [2.24, 2.45) is 0 Å².